The molecule has 4 heteroatoms. The predicted octanol–water partition coefficient (Wildman–Crippen LogP) is 1.73. The molecule has 0 aromatic heterocycles. The average Bonchev–Trinajstić information content (AvgIpc) is 2.28. The third-order valence-corrected chi connectivity index (χ3v) is 2.70. The lowest BCUT2D eigenvalue weighted by Gasteiger charge is -2.34. The van der Waals surface area contributed by atoms with E-state index in [1.54, 1.807) is 6.92 Å². The lowest BCUT2D eigenvalue weighted by Crippen LogP contribution is -2.51. The number of nitrogens with one attached hydrogen (secondary N) is 1. The molecule has 1 unspecified atom stereocenters. The van der Waals surface area contributed by atoms with Crippen molar-refractivity contribution in [3.05, 3.63) is 23.8 Å². The van der Waals surface area contributed by atoms with Gasteiger partial charge in [0.05, 0.1) is 12.8 Å². The summed E-state index contributed by atoms with van der Waals surface area (Å²) in [5.41, 5.74) is 1.14. The summed E-state index contributed by atoms with van der Waals surface area (Å²) in [7, 11) is 1.37. The van der Waals surface area contributed by atoms with Gasteiger partial charge in [-0.2, -0.15) is 0 Å². The topological polar surface area (TPSA) is 47.6 Å². The van der Waals surface area contributed by atoms with Crippen LogP contribution in [0.2, 0.25) is 0 Å². The maximum absolute atomic E-state index is 11.6. The van der Waals surface area contributed by atoms with E-state index >= 15 is 0 Å². The molecule has 0 radical (unpaired) electrons. The quantitative estimate of drug-likeness (QED) is 0.734. The highest BCUT2D eigenvalue weighted by molar-refractivity contribution is 5.85. The van der Waals surface area contributed by atoms with E-state index in [9.17, 15) is 4.79 Å². The van der Waals surface area contributed by atoms with Gasteiger partial charge in [0.25, 0.3) is 0 Å². The molecule has 86 valence electrons. The second-order valence-electron chi connectivity index (χ2n) is 4.24. The molecule has 0 amide bonds. The minimum absolute atomic E-state index is 0.274. The van der Waals surface area contributed by atoms with Gasteiger partial charge in [0.15, 0.2) is 5.54 Å². The van der Waals surface area contributed by atoms with E-state index in [1.165, 1.54) is 7.11 Å². The summed E-state index contributed by atoms with van der Waals surface area (Å²) >= 11 is 0. The Kier molecular flexibility index (Phi) is 2.50. The van der Waals surface area contributed by atoms with Crippen molar-refractivity contribution >= 4 is 11.7 Å². The van der Waals surface area contributed by atoms with Crippen LogP contribution >= 0.6 is 0 Å². The SMILES string of the molecule is COC(=O)C1(C)COc2cc(C)ccc2N1. The molecule has 0 saturated heterocycles. The summed E-state index contributed by atoms with van der Waals surface area (Å²) < 4.78 is 10.3. The first-order valence-electron chi connectivity index (χ1n) is 5.15. The molecule has 4 nitrogen and oxygen atoms in total. The number of benzene rings is 1. The van der Waals surface area contributed by atoms with Crippen molar-refractivity contribution < 1.29 is 14.3 Å². The van der Waals surface area contributed by atoms with E-state index in [1.807, 2.05) is 25.1 Å². The second kappa shape index (κ2) is 3.70. The molecule has 1 N–H and O–H groups in total. The van der Waals surface area contributed by atoms with Crippen molar-refractivity contribution in [3.8, 4) is 5.75 Å². The Morgan fingerprint density at radius 1 is 1.56 bits per heavy atom. The first-order chi connectivity index (χ1) is 7.55. The molecule has 0 bridgehead atoms. The van der Waals surface area contributed by atoms with Crippen molar-refractivity contribution in [3.63, 3.8) is 0 Å². The van der Waals surface area contributed by atoms with Gasteiger partial charge in [0.1, 0.15) is 12.4 Å². The average molecular weight is 221 g/mol. The standard InChI is InChI=1S/C12H15NO3/c1-8-4-5-9-10(6-8)16-7-12(2,13-9)11(14)15-3/h4-6,13H,7H2,1-3H3. The van der Waals surface area contributed by atoms with Crippen molar-refractivity contribution in [2.75, 3.05) is 19.0 Å². The van der Waals surface area contributed by atoms with Crippen LogP contribution in [0.4, 0.5) is 5.69 Å². The zero-order valence-corrected chi connectivity index (χ0v) is 9.66. The van der Waals surface area contributed by atoms with Gasteiger partial charge in [0, 0.05) is 0 Å². The van der Waals surface area contributed by atoms with Crippen LogP contribution in [0.1, 0.15) is 12.5 Å². The molecule has 1 heterocycles. The number of carbonyl (C=O) groups is 1. The first-order valence-corrected chi connectivity index (χ1v) is 5.15. The zero-order chi connectivity index (χ0) is 11.8. The summed E-state index contributed by atoms with van der Waals surface area (Å²) in [6, 6.07) is 5.82. The highest BCUT2D eigenvalue weighted by atomic mass is 16.5. The Balaban J connectivity index is 2.30. The molecular formula is C12H15NO3. The van der Waals surface area contributed by atoms with Gasteiger partial charge < -0.3 is 14.8 Å². The minimum atomic E-state index is -0.809. The number of fused-ring (bicyclic) bond motifs is 1. The minimum Gasteiger partial charge on any atom is -0.488 e. The number of hydrogen-bond donors (Lipinski definition) is 1. The fraction of sp³-hybridized carbons (Fsp3) is 0.417. The normalized spacial score (nSPS) is 22.7. The molecule has 1 aliphatic rings. The summed E-state index contributed by atoms with van der Waals surface area (Å²) in [4.78, 5) is 11.6. The number of aryl methyl sites for hydroxylation is 1. The fourth-order valence-electron chi connectivity index (χ4n) is 1.74. The molecule has 2 rings (SSSR count). The van der Waals surface area contributed by atoms with Crippen LogP contribution in [0.15, 0.2) is 18.2 Å². The molecule has 1 aliphatic heterocycles. The van der Waals surface area contributed by atoms with Crippen LogP contribution in [0, 0.1) is 6.92 Å². The van der Waals surface area contributed by atoms with Gasteiger partial charge in [-0.15, -0.1) is 0 Å². The van der Waals surface area contributed by atoms with E-state index < -0.39 is 5.54 Å². The summed E-state index contributed by atoms with van der Waals surface area (Å²) in [5, 5.41) is 3.15. The second-order valence-corrected chi connectivity index (χ2v) is 4.24. The van der Waals surface area contributed by atoms with Crippen molar-refractivity contribution in [1.29, 1.82) is 0 Å². The van der Waals surface area contributed by atoms with Crippen molar-refractivity contribution in [2.45, 2.75) is 19.4 Å². The molecule has 1 aromatic carbocycles. The Morgan fingerprint density at radius 3 is 3.00 bits per heavy atom. The molecule has 1 aromatic rings. The number of carbonyl (C=O) groups excluding carboxylic acids is 1. The zero-order valence-electron chi connectivity index (χ0n) is 9.66. The van der Waals surface area contributed by atoms with Gasteiger partial charge in [-0.3, -0.25) is 0 Å². The molecule has 16 heavy (non-hydrogen) atoms. The van der Waals surface area contributed by atoms with E-state index in [-0.39, 0.29) is 12.6 Å². The summed E-state index contributed by atoms with van der Waals surface area (Å²) in [6.07, 6.45) is 0. The molecule has 0 saturated carbocycles. The van der Waals surface area contributed by atoms with Gasteiger partial charge in [-0.1, -0.05) is 6.07 Å². The van der Waals surface area contributed by atoms with Crippen LogP contribution in [-0.4, -0.2) is 25.2 Å². The van der Waals surface area contributed by atoms with Crippen LogP contribution in [0.25, 0.3) is 0 Å². The number of hydrogen-bond acceptors (Lipinski definition) is 4. The molecule has 1 atom stereocenters. The van der Waals surface area contributed by atoms with Gasteiger partial charge in [-0.25, -0.2) is 4.79 Å². The van der Waals surface area contributed by atoms with Crippen molar-refractivity contribution in [2.24, 2.45) is 0 Å². The first kappa shape index (κ1) is 10.8. The van der Waals surface area contributed by atoms with Crippen LogP contribution < -0.4 is 10.1 Å². The molecule has 0 fully saturated rings. The number of anilines is 1. The Labute approximate surface area is 94.6 Å². The maximum Gasteiger partial charge on any atom is 0.334 e. The number of esters is 1. The van der Waals surface area contributed by atoms with E-state index in [2.05, 4.69) is 5.32 Å². The third kappa shape index (κ3) is 1.71. The lowest BCUT2D eigenvalue weighted by atomic mass is 10.0. The van der Waals surface area contributed by atoms with Crippen LogP contribution in [-0.2, 0) is 9.53 Å². The Morgan fingerprint density at radius 2 is 2.31 bits per heavy atom. The fourth-order valence-corrected chi connectivity index (χ4v) is 1.74. The maximum atomic E-state index is 11.6. The number of methoxy groups -OCH3 is 1. The van der Waals surface area contributed by atoms with Gasteiger partial charge in [0.2, 0.25) is 0 Å². The predicted molar refractivity (Wildman–Crippen MR) is 60.7 cm³/mol. The number of rotatable bonds is 1. The summed E-state index contributed by atoms with van der Waals surface area (Å²) in [5.74, 6) is 0.458. The largest absolute Gasteiger partial charge is 0.488 e. The highest BCUT2D eigenvalue weighted by Gasteiger charge is 2.39. The van der Waals surface area contributed by atoms with E-state index in [0.717, 1.165) is 17.0 Å². The van der Waals surface area contributed by atoms with Crippen molar-refractivity contribution in [1.82, 2.24) is 0 Å². The Bertz CT molecular complexity index is 430. The van der Waals surface area contributed by atoms with Crippen LogP contribution in [0.5, 0.6) is 5.75 Å². The smallest absolute Gasteiger partial charge is 0.334 e. The van der Waals surface area contributed by atoms with Crippen LogP contribution in [0.3, 0.4) is 0 Å². The highest BCUT2D eigenvalue weighted by Crippen LogP contribution is 2.33. The molecule has 0 spiro atoms. The third-order valence-electron chi connectivity index (χ3n) is 2.70. The van der Waals surface area contributed by atoms with Gasteiger partial charge in [-0.05, 0) is 31.5 Å². The number of ether oxygens (including phenoxy) is 2. The monoisotopic (exact) mass is 221 g/mol. The molecular weight excluding hydrogens is 206 g/mol. The summed E-state index contributed by atoms with van der Waals surface area (Å²) in [6.45, 7) is 4.04. The van der Waals surface area contributed by atoms with E-state index in [4.69, 9.17) is 9.47 Å². The van der Waals surface area contributed by atoms with Gasteiger partial charge >= 0.3 is 5.97 Å². The lowest BCUT2D eigenvalue weighted by molar-refractivity contribution is -0.146. The Hall–Kier alpha value is -1.71. The molecule has 0 aliphatic carbocycles. The van der Waals surface area contributed by atoms with E-state index in [0.29, 0.717) is 0 Å².